The van der Waals surface area contributed by atoms with Crippen molar-refractivity contribution in [2.75, 3.05) is 0 Å². The Hall–Kier alpha value is -3.44. The molecule has 0 bridgehead atoms. The fourth-order valence-electron chi connectivity index (χ4n) is 3.70. The molecule has 3 N–H and O–H groups in total. The quantitative estimate of drug-likeness (QED) is 0.436. The van der Waals surface area contributed by atoms with Crippen LogP contribution in [-0.2, 0) is 19.9 Å². The molecule has 3 rings (SSSR count). The predicted octanol–water partition coefficient (Wildman–Crippen LogP) is 4.15. The van der Waals surface area contributed by atoms with Crippen LogP contribution < -0.4 is 11.1 Å². The van der Waals surface area contributed by atoms with Crippen molar-refractivity contribution in [2.45, 2.75) is 44.4 Å². The molecule has 0 aromatic heterocycles. The molecule has 0 fully saturated rings. The maximum absolute atomic E-state index is 13.3. The van der Waals surface area contributed by atoms with Crippen molar-refractivity contribution in [1.82, 2.24) is 5.32 Å². The molecule has 0 saturated heterocycles. The van der Waals surface area contributed by atoms with Crippen molar-refractivity contribution in [3.05, 3.63) is 108 Å². The number of nitrogens with one attached hydrogen (secondary N) is 1. The predicted molar refractivity (Wildman–Crippen MR) is 126 cm³/mol. The van der Waals surface area contributed by atoms with Crippen molar-refractivity contribution in [3.63, 3.8) is 0 Å². The van der Waals surface area contributed by atoms with E-state index in [-0.39, 0.29) is 12.3 Å². The molecule has 0 saturated carbocycles. The maximum Gasteiger partial charge on any atom is 0.323 e. The van der Waals surface area contributed by atoms with E-state index in [2.05, 4.69) is 5.32 Å². The summed E-state index contributed by atoms with van der Waals surface area (Å²) >= 11 is 0. The zero-order valence-electron chi connectivity index (χ0n) is 18.7. The average molecular weight is 431 g/mol. The van der Waals surface area contributed by atoms with Gasteiger partial charge in [-0.1, -0.05) is 91.0 Å². The van der Waals surface area contributed by atoms with Gasteiger partial charge in [-0.25, -0.2) is 0 Å². The Labute approximate surface area is 189 Å². The Morgan fingerprint density at radius 2 is 1.16 bits per heavy atom. The second kappa shape index (κ2) is 9.79. The molecule has 1 unspecified atom stereocenters. The molecule has 5 heteroatoms. The summed E-state index contributed by atoms with van der Waals surface area (Å²) in [6.45, 7) is 5.30. The molecule has 0 aliphatic rings. The number of carbonyl (C=O) groups is 2. The summed E-state index contributed by atoms with van der Waals surface area (Å²) in [5.74, 6) is -0.947. The molecule has 5 nitrogen and oxygen atoms in total. The van der Waals surface area contributed by atoms with Gasteiger partial charge in [0.15, 0.2) is 0 Å². The van der Waals surface area contributed by atoms with E-state index < -0.39 is 23.2 Å². The fraction of sp³-hybridized carbons (Fsp3) is 0.259. The monoisotopic (exact) mass is 430 g/mol. The summed E-state index contributed by atoms with van der Waals surface area (Å²) in [4.78, 5) is 25.6. The smallest absolute Gasteiger partial charge is 0.323 e. The zero-order chi connectivity index (χ0) is 23.2. The number of ether oxygens (including phenoxy) is 1. The minimum Gasteiger partial charge on any atom is -0.459 e. The van der Waals surface area contributed by atoms with E-state index in [9.17, 15) is 9.59 Å². The molecule has 0 radical (unpaired) electrons. The molecular weight excluding hydrogens is 400 g/mol. The van der Waals surface area contributed by atoms with Gasteiger partial charge in [0.1, 0.15) is 17.2 Å². The van der Waals surface area contributed by atoms with Gasteiger partial charge in [-0.15, -0.1) is 0 Å². The number of amides is 1. The molecule has 0 spiro atoms. The summed E-state index contributed by atoms with van der Waals surface area (Å²) in [5, 5.41) is 3.20. The molecule has 166 valence electrons. The molecular formula is C27H30N2O3. The van der Waals surface area contributed by atoms with Gasteiger partial charge in [-0.05, 0) is 37.5 Å². The van der Waals surface area contributed by atoms with Crippen LogP contribution in [0.1, 0.15) is 43.9 Å². The highest BCUT2D eigenvalue weighted by Gasteiger charge is 2.38. The number of rotatable bonds is 7. The van der Waals surface area contributed by atoms with E-state index in [1.807, 2.05) is 91.0 Å². The normalized spacial score (nSPS) is 12.6. The zero-order valence-corrected chi connectivity index (χ0v) is 18.7. The van der Waals surface area contributed by atoms with Crippen molar-refractivity contribution < 1.29 is 14.3 Å². The lowest BCUT2D eigenvalue weighted by molar-refractivity contribution is -0.157. The van der Waals surface area contributed by atoms with Crippen LogP contribution in [-0.4, -0.2) is 23.5 Å². The molecule has 0 aliphatic carbocycles. The minimum absolute atomic E-state index is 0.191. The molecule has 3 aromatic rings. The summed E-state index contributed by atoms with van der Waals surface area (Å²) in [6, 6.07) is 28.3. The molecule has 1 amide bonds. The van der Waals surface area contributed by atoms with E-state index in [1.165, 1.54) is 0 Å². The second-order valence-electron chi connectivity index (χ2n) is 8.74. The topological polar surface area (TPSA) is 81.4 Å². The van der Waals surface area contributed by atoms with Crippen molar-refractivity contribution >= 4 is 11.9 Å². The highest BCUT2D eigenvalue weighted by molar-refractivity contribution is 5.86. The first-order valence-corrected chi connectivity index (χ1v) is 10.7. The van der Waals surface area contributed by atoms with Gasteiger partial charge in [-0.2, -0.15) is 0 Å². The average Bonchev–Trinajstić information content (AvgIpc) is 2.78. The Balaban J connectivity index is 2.02. The molecule has 0 aliphatic heterocycles. The van der Waals surface area contributed by atoms with Crippen LogP contribution in [0, 0.1) is 0 Å². The van der Waals surface area contributed by atoms with E-state index in [0.717, 1.165) is 16.7 Å². The van der Waals surface area contributed by atoms with Gasteiger partial charge >= 0.3 is 5.97 Å². The second-order valence-corrected chi connectivity index (χ2v) is 8.74. The largest absolute Gasteiger partial charge is 0.459 e. The highest BCUT2D eigenvalue weighted by Crippen LogP contribution is 2.36. The van der Waals surface area contributed by atoms with Crippen LogP contribution in [0.2, 0.25) is 0 Å². The third-order valence-electron chi connectivity index (χ3n) is 5.06. The van der Waals surface area contributed by atoms with E-state index in [1.54, 1.807) is 20.8 Å². The van der Waals surface area contributed by atoms with Crippen LogP contribution in [0.5, 0.6) is 0 Å². The minimum atomic E-state index is -1.06. The van der Waals surface area contributed by atoms with Crippen LogP contribution >= 0.6 is 0 Å². The number of carbonyl (C=O) groups excluding carboxylic acids is 2. The maximum atomic E-state index is 13.3. The van der Waals surface area contributed by atoms with Crippen LogP contribution in [0.3, 0.4) is 0 Å². The molecule has 1 atom stereocenters. The Morgan fingerprint density at radius 1 is 0.781 bits per heavy atom. The first-order valence-electron chi connectivity index (χ1n) is 10.7. The van der Waals surface area contributed by atoms with Crippen LogP contribution in [0.15, 0.2) is 91.0 Å². The first-order chi connectivity index (χ1) is 15.2. The lowest BCUT2D eigenvalue weighted by Crippen LogP contribution is -2.50. The highest BCUT2D eigenvalue weighted by atomic mass is 16.6. The molecule has 3 aromatic carbocycles. The van der Waals surface area contributed by atoms with Gasteiger partial charge in [0, 0.05) is 0 Å². The van der Waals surface area contributed by atoms with Gasteiger partial charge in [-0.3, -0.25) is 9.59 Å². The van der Waals surface area contributed by atoms with Crippen molar-refractivity contribution in [1.29, 1.82) is 0 Å². The fourth-order valence-corrected chi connectivity index (χ4v) is 3.70. The van der Waals surface area contributed by atoms with Gasteiger partial charge < -0.3 is 15.8 Å². The molecule has 0 heterocycles. The number of nitrogens with two attached hydrogens (primary N) is 1. The van der Waals surface area contributed by atoms with Gasteiger partial charge in [0.05, 0.1) is 6.42 Å². The summed E-state index contributed by atoms with van der Waals surface area (Å²) < 4.78 is 5.34. The number of esters is 1. The lowest BCUT2D eigenvalue weighted by Gasteiger charge is -2.37. The standard InChI is InChI=1S/C27H30N2O3/c1-26(2,3)32-25(31)23(28)19-24(30)29-27(20-13-7-4-8-14-20,21-15-9-5-10-16-21)22-17-11-6-12-18-22/h4-18,23H,19,28H2,1-3H3,(H,29,30). The Bertz CT molecular complexity index is 932. The van der Waals surface area contributed by atoms with E-state index >= 15 is 0 Å². The van der Waals surface area contributed by atoms with Crippen molar-refractivity contribution in [3.8, 4) is 0 Å². The third-order valence-corrected chi connectivity index (χ3v) is 5.06. The number of hydrogen-bond donors (Lipinski definition) is 2. The lowest BCUT2D eigenvalue weighted by atomic mass is 9.77. The SMILES string of the molecule is CC(C)(C)OC(=O)C(N)CC(=O)NC(c1ccccc1)(c1ccccc1)c1ccccc1. The first kappa shape index (κ1) is 23.2. The Morgan fingerprint density at radius 3 is 1.50 bits per heavy atom. The van der Waals surface area contributed by atoms with E-state index in [4.69, 9.17) is 10.5 Å². The van der Waals surface area contributed by atoms with Gasteiger partial charge in [0.2, 0.25) is 5.91 Å². The number of hydrogen-bond acceptors (Lipinski definition) is 4. The summed E-state index contributed by atoms with van der Waals surface area (Å²) in [6.07, 6.45) is -0.191. The number of benzene rings is 3. The Kier molecular flexibility index (Phi) is 7.11. The summed E-state index contributed by atoms with van der Waals surface area (Å²) in [5.41, 5.74) is 7.10. The third kappa shape index (κ3) is 5.42. The van der Waals surface area contributed by atoms with Gasteiger partial charge in [0.25, 0.3) is 0 Å². The van der Waals surface area contributed by atoms with E-state index in [0.29, 0.717) is 0 Å². The molecule has 32 heavy (non-hydrogen) atoms. The summed E-state index contributed by atoms with van der Waals surface area (Å²) in [7, 11) is 0. The van der Waals surface area contributed by atoms with Crippen molar-refractivity contribution in [2.24, 2.45) is 5.73 Å². The van der Waals surface area contributed by atoms with Crippen LogP contribution in [0.4, 0.5) is 0 Å². The van der Waals surface area contributed by atoms with Crippen LogP contribution in [0.25, 0.3) is 0 Å².